The molecule has 0 bridgehead atoms. The smallest absolute Gasteiger partial charge is 0.241 e. The molecule has 0 N–H and O–H groups in total. The van der Waals surface area contributed by atoms with Crippen LogP contribution in [0.15, 0.2) is 47.0 Å². The molecule has 8 nitrogen and oxygen atoms in total. The Morgan fingerprint density at radius 3 is 2.42 bits per heavy atom. The lowest BCUT2D eigenvalue weighted by Crippen LogP contribution is -2.51. The fraction of sp³-hybridized carbons (Fsp3) is 0.391. The van der Waals surface area contributed by atoms with Crippen LogP contribution in [-0.2, 0) is 6.54 Å². The third-order valence-electron chi connectivity index (χ3n) is 5.64. The predicted octanol–water partition coefficient (Wildman–Crippen LogP) is 3.47. The summed E-state index contributed by atoms with van der Waals surface area (Å²) in [5, 5.41) is 4.18. The third kappa shape index (κ3) is 4.29. The van der Waals surface area contributed by atoms with Crippen molar-refractivity contribution in [3.63, 3.8) is 0 Å². The molecule has 1 aliphatic heterocycles. The van der Waals surface area contributed by atoms with Crippen molar-refractivity contribution in [2.45, 2.75) is 19.5 Å². The molecule has 8 heteroatoms. The van der Waals surface area contributed by atoms with Gasteiger partial charge in [0.15, 0.2) is 11.5 Å². The van der Waals surface area contributed by atoms with Gasteiger partial charge in [0.05, 0.1) is 33.4 Å². The molecule has 0 aliphatic carbocycles. The molecule has 0 radical (unpaired) electrons. The Morgan fingerprint density at radius 2 is 1.74 bits per heavy atom. The first kappa shape index (κ1) is 21.0. The Bertz CT molecular complexity index is 1010. The van der Waals surface area contributed by atoms with Gasteiger partial charge in [-0.15, -0.1) is 0 Å². The van der Waals surface area contributed by atoms with Crippen molar-refractivity contribution in [2.75, 3.05) is 45.9 Å². The Hall–Kier alpha value is -3.26. The largest absolute Gasteiger partial charge is 0.493 e. The third-order valence-corrected chi connectivity index (χ3v) is 5.64. The number of para-hydroxylation sites is 1. The summed E-state index contributed by atoms with van der Waals surface area (Å²) in [5.74, 6) is 2.63. The maximum absolute atomic E-state index is 5.57. The van der Waals surface area contributed by atoms with Gasteiger partial charge in [-0.1, -0.05) is 23.4 Å². The van der Waals surface area contributed by atoms with E-state index < -0.39 is 0 Å². The van der Waals surface area contributed by atoms with Crippen LogP contribution in [0.3, 0.4) is 0 Å². The fourth-order valence-electron chi connectivity index (χ4n) is 3.98. The second kappa shape index (κ2) is 9.26. The van der Waals surface area contributed by atoms with E-state index in [1.165, 1.54) is 5.69 Å². The zero-order valence-corrected chi connectivity index (χ0v) is 18.4. The molecule has 1 aliphatic rings. The highest BCUT2D eigenvalue weighted by atomic mass is 16.5. The standard InChI is InChI=1S/C23H28N4O4/c1-16-14-27(17-8-6-5-7-9-17)13-12-26(16)15-20-24-23(25-31-20)18-10-11-19(28-2)22(30-4)21(18)29-3/h5-11,16H,12-15H2,1-4H3/t16-/m1/s1. The van der Waals surface area contributed by atoms with Crippen LogP contribution in [-0.4, -0.2) is 62.0 Å². The highest BCUT2D eigenvalue weighted by Gasteiger charge is 2.26. The van der Waals surface area contributed by atoms with Gasteiger partial charge in [-0.05, 0) is 31.2 Å². The van der Waals surface area contributed by atoms with E-state index in [9.17, 15) is 0 Å². The number of anilines is 1. The van der Waals surface area contributed by atoms with Gasteiger partial charge in [0.25, 0.3) is 0 Å². The van der Waals surface area contributed by atoms with Gasteiger partial charge in [-0.3, -0.25) is 4.90 Å². The predicted molar refractivity (Wildman–Crippen MR) is 118 cm³/mol. The monoisotopic (exact) mass is 424 g/mol. The second-order valence-electron chi connectivity index (χ2n) is 7.49. The maximum atomic E-state index is 5.57. The molecule has 2 heterocycles. The first-order chi connectivity index (χ1) is 15.1. The van der Waals surface area contributed by atoms with Crippen LogP contribution in [0, 0.1) is 0 Å². The van der Waals surface area contributed by atoms with Gasteiger partial charge in [-0.25, -0.2) is 0 Å². The summed E-state index contributed by atoms with van der Waals surface area (Å²) in [6.07, 6.45) is 0. The number of aromatic nitrogens is 2. The highest BCUT2D eigenvalue weighted by molar-refractivity contribution is 5.72. The van der Waals surface area contributed by atoms with E-state index >= 15 is 0 Å². The van der Waals surface area contributed by atoms with Crippen LogP contribution in [0.4, 0.5) is 5.69 Å². The molecule has 2 aromatic carbocycles. The van der Waals surface area contributed by atoms with Crippen molar-refractivity contribution in [3.8, 4) is 28.6 Å². The average molecular weight is 425 g/mol. The lowest BCUT2D eigenvalue weighted by Gasteiger charge is -2.40. The molecule has 1 saturated heterocycles. The number of rotatable bonds is 7. The molecule has 0 spiro atoms. The van der Waals surface area contributed by atoms with Crippen LogP contribution in [0.5, 0.6) is 17.2 Å². The quantitative estimate of drug-likeness (QED) is 0.571. The van der Waals surface area contributed by atoms with E-state index in [-0.39, 0.29) is 0 Å². The van der Waals surface area contributed by atoms with Crippen LogP contribution in [0.2, 0.25) is 0 Å². The summed E-state index contributed by atoms with van der Waals surface area (Å²) in [6, 6.07) is 14.5. The molecule has 0 saturated carbocycles. The summed E-state index contributed by atoms with van der Waals surface area (Å²) in [4.78, 5) is 9.39. The average Bonchev–Trinajstić information content (AvgIpc) is 3.28. The Labute approximate surface area is 182 Å². The Morgan fingerprint density at radius 1 is 0.968 bits per heavy atom. The van der Waals surface area contributed by atoms with E-state index in [1.807, 2.05) is 12.1 Å². The molecule has 1 aromatic heterocycles. The molecule has 0 unspecified atom stereocenters. The van der Waals surface area contributed by atoms with Gasteiger partial charge < -0.3 is 23.6 Å². The summed E-state index contributed by atoms with van der Waals surface area (Å²) in [6.45, 7) is 5.66. The zero-order chi connectivity index (χ0) is 21.8. The van der Waals surface area contributed by atoms with Gasteiger partial charge >= 0.3 is 0 Å². The van der Waals surface area contributed by atoms with E-state index in [2.05, 4.69) is 51.1 Å². The SMILES string of the molecule is COc1ccc(-c2noc(CN3CCN(c4ccccc4)C[C@H]3C)n2)c(OC)c1OC. The second-order valence-corrected chi connectivity index (χ2v) is 7.49. The summed E-state index contributed by atoms with van der Waals surface area (Å²) in [7, 11) is 4.74. The molecule has 4 rings (SSSR count). The van der Waals surface area contributed by atoms with Gasteiger partial charge in [0.2, 0.25) is 17.5 Å². The topological polar surface area (TPSA) is 73.1 Å². The van der Waals surface area contributed by atoms with Crippen molar-refractivity contribution >= 4 is 5.69 Å². The minimum atomic E-state index is 0.361. The van der Waals surface area contributed by atoms with E-state index in [4.69, 9.17) is 18.7 Å². The van der Waals surface area contributed by atoms with Gasteiger partial charge in [-0.2, -0.15) is 4.98 Å². The molecular weight excluding hydrogens is 396 g/mol. The van der Waals surface area contributed by atoms with E-state index in [0.717, 1.165) is 19.6 Å². The summed E-state index contributed by atoms with van der Waals surface area (Å²) >= 11 is 0. The van der Waals surface area contributed by atoms with Crippen LogP contribution in [0.1, 0.15) is 12.8 Å². The molecule has 1 atom stereocenters. The van der Waals surface area contributed by atoms with Crippen molar-refractivity contribution < 1.29 is 18.7 Å². The minimum absolute atomic E-state index is 0.361. The van der Waals surface area contributed by atoms with Crippen LogP contribution >= 0.6 is 0 Å². The van der Waals surface area contributed by atoms with Crippen LogP contribution < -0.4 is 19.1 Å². The number of methoxy groups -OCH3 is 3. The fourth-order valence-corrected chi connectivity index (χ4v) is 3.98. The number of nitrogens with zero attached hydrogens (tertiary/aromatic N) is 4. The van der Waals surface area contributed by atoms with Crippen LogP contribution in [0.25, 0.3) is 11.4 Å². The van der Waals surface area contributed by atoms with Crippen molar-refractivity contribution in [2.24, 2.45) is 0 Å². The number of benzene rings is 2. The first-order valence-corrected chi connectivity index (χ1v) is 10.3. The molecule has 3 aromatic rings. The molecule has 0 amide bonds. The van der Waals surface area contributed by atoms with Gasteiger partial charge in [0, 0.05) is 31.4 Å². The lowest BCUT2D eigenvalue weighted by molar-refractivity contribution is 0.159. The maximum Gasteiger partial charge on any atom is 0.241 e. The van der Waals surface area contributed by atoms with Crippen molar-refractivity contribution in [3.05, 3.63) is 48.4 Å². The normalized spacial score (nSPS) is 16.9. The lowest BCUT2D eigenvalue weighted by atomic mass is 10.1. The number of hydrogen-bond donors (Lipinski definition) is 0. The molecule has 164 valence electrons. The van der Waals surface area contributed by atoms with Crippen molar-refractivity contribution in [1.82, 2.24) is 15.0 Å². The number of piperazine rings is 1. The molecule has 31 heavy (non-hydrogen) atoms. The Balaban J connectivity index is 1.48. The number of ether oxygens (including phenoxy) is 3. The highest BCUT2D eigenvalue weighted by Crippen LogP contribution is 2.43. The molecule has 1 fully saturated rings. The van der Waals surface area contributed by atoms with Gasteiger partial charge in [0.1, 0.15) is 0 Å². The summed E-state index contributed by atoms with van der Waals surface area (Å²) in [5.41, 5.74) is 1.95. The number of hydrogen-bond acceptors (Lipinski definition) is 8. The summed E-state index contributed by atoms with van der Waals surface area (Å²) < 4.78 is 21.9. The van der Waals surface area contributed by atoms with Crippen molar-refractivity contribution in [1.29, 1.82) is 0 Å². The van der Waals surface area contributed by atoms with E-state index in [0.29, 0.717) is 47.1 Å². The molecular formula is C23H28N4O4. The minimum Gasteiger partial charge on any atom is -0.493 e. The van der Waals surface area contributed by atoms with E-state index in [1.54, 1.807) is 27.4 Å². The Kier molecular flexibility index (Phi) is 6.27. The zero-order valence-electron chi connectivity index (χ0n) is 18.4. The first-order valence-electron chi connectivity index (χ1n) is 10.3.